The molecule has 2 aromatic carbocycles. The Hall–Kier alpha value is -2.40. The van der Waals surface area contributed by atoms with Gasteiger partial charge in [-0.15, -0.1) is 0 Å². The van der Waals surface area contributed by atoms with Crippen molar-refractivity contribution in [2.24, 2.45) is 0 Å². The highest BCUT2D eigenvalue weighted by atomic mass is 35.5. The molecule has 0 radical (unpaired) electrons. The van der Waals surface area contributed by atoms with Gasteiger partial charge in [-0.2, -0.15) is 0 Å². The monoisotopic (exact) mass is 346 g/mol. The summed E-state index contributed by atoms with van der Waals surface area (Å²) in [6, 6.07) is 12.6. The van der Waals surface area contributed by atoms with Crippen LogP contribution < -0.4 is 20.1 Å². The maximum absolute atomic E-state index is 12.1. The van der Waals surface area contributed by atoms with Gasteiger partial charge in [-0.05, 0) is 49.2 Å². The average Bonchev–Trinajstić information content (AvgIpc) is 2.58. The molecule has 0 unspecified atom stereocenters. The van der Waals surface area contributed by atoms with Crippen molar-refractivity contribution in [3.05, 3.63) is 47.5 Å². The van der Waals surface area contributed by atoms with Gasteiger partial charge in [0, 0.05) is 23.3 Å². The predicted octanol–water partition coefficient (Wildman–Crippen LogP) is 3.51. The number of anilines is 2. The minimum absolute atomic E-state index is 0.0362. The Morgan fingerprint density at radius 3 is 2.75 bits per heavy atom. The van der Waals surface area contributed by atoms with Crippen LogP contribution in [0, 0.1) is 0 Å². The fourth-order valence-corrected chi connectivity index (χ4v) is 2.69. The first-order valence-electron chi connectivity index (χ1n) is 7.84. The third-order valence-corrected chi connectivity index (χ3v) is 4.04. The topological polar surface area (TPSA) is 64.8 Å². The van der Waals surface area contributed by atoms with Crippen molar-refractivity contribution >= 4 is 28.9 Å². The zero-order valence-electron chi connectivity index (χ0n) is 13.2. The first-order valence-corrected chi connectivity index (χ1v) is 8.22. The predicted molar refractivity (Wildman–Crippen MR) is 94.9 cm³/mol. The molecule has 0 saturated heterocycles. The molecule has 3 rings (SSSR count). The van der Waals surface area contributed by atoms with Gasteiger partial charge in [-0.1, -0.05) is 11.6 Å². The molecule has 0 saturated carbocycles. The van der Waals surface area contributed by atoms with Gasteiger partial charge in [0.2, 0.25) is 0 Å². The van der Waals surface area contributed by atoms with Gasteiger partial charge in [-0.3, -0.25) is 4.79 Å². The lowest BCUT2D eigenvalue weighted by Crippen LogP contribution is -2.39. The number of benzene rings is 2. The molecular weight excluding hydrogens is 328 g/mol. The van der Waals surface area contributed by atoms with Crippen LogP contribution in [0.4, 0.5) is 11.4 Å². The van der Waals surface area contributed by atoms with E-state index in [1.165, 1.54) is 0 Å². The SMILES string of the molecule is Nc1ccc2c(c1)OCC(=O)N2CCCCOc1ccc(Cl)cc1. The highest BCUT2D eigenvalue weighted by Gasteiger charge is 2.24. The number of fused-ring (bicyclic) bond motifs is 1. The van der Waals surface area contributed by atoms with E-state index in [0.29, 0.717) is 29.6 Å². The number of nitrogen functional groups attached to an aromatic ring is 1. The quantitative estimate of drug-likeness (QED) is 0.642. The van der Waals surface area contributed by atoms with Crippen LogP contribution in [-0.2, 0) is 4.79 Å². The van der Waals surface area contributed by atoms with Gasteiger partial charge in [0.15, 0.2) is 6.61 Å². The van der Waals surface area contributed by atoms with Gasteiger partial charge >= 0.3 is 0 Å². The second-order valence-electron chi connectivity index (χ2n) is 5.57. The van der Waals surface area contributed by atoms with Crippen molar-refractivity contribution in [1.82, 2.24) is 0 Å². The Labute approximate surface area is 145 Å². The van der Waals surface area contributed by atoms with Crippen LogP contribution in [0.25, 0.3) is 0 Å². The van der Waals surface area contributed by atoms with Gasteiger partial charge < -0.3 is 20.1 Å². The Morgan fingerprint density at radius 2 is 1.96 bits per heavy atom. The molecule has 1 amide bonds. The van der Waals surface area contributed by atoms with E-state index in [1.54, 1.807) is 29.2 Å². The standard InChI is InChI=1S/C18H19ClN2O3/c19-13-3-6-15(7-4-13)23-10-2-1-9-21-16-8-5-14(20)11-17(16)24-12-18(21)22/h3-8,11H,1-2,9-10,12,20H2. The average molecular weight is 347 g/mol. The Kier molecular flexibility index (Phi) is 5.11. The summed E-state index contributed by atoms with van der Waals surface area (Å²) in [5.74, 6) is 1.42. The molecule has 2 N–H and O–H groups in total. The van der Waals surface area contributed by atoms with E-state index in [2.05, 4.69) is 0 Å². The van der Waals surface area contributed by atoms with E-state index in [-0.39, 0.29) is 12.5 Å². The van der Waals surface area contributed by atoms with E-state index in [0.717, 1.165) is 24.3 Å². The van der Waals surface area contributed by atoms with Crippen LogP contribution in [0.5, 0.6) is 11.5 Å². The molecule has 2 aromatic rings. The molecule has 0 aliphatic carbocycles. The summed E-state index contributed by atoms with van der Waals surface area (Å²) in [7, 11) is 0. The lowest BCUT2D eigenvalue weighted by atomic mass is 10.2. The van der Waals surface area contributed by atoms with E-state index in [1.807, 2.05) is 18.2 Å². The molecule has 1 aliphatic rings. The van der Waals surface area contributed by atoms with Gasteiger partial charge in [-0.25, -0.2) is 0 Å². The highest BCUT2D eigenvalue weighted by Crippen LogP contribution is 2.33. The largest absolute Gasteiger partial charge is 0.494 e. The van der Waals surface area contributed by atoms with Gasteiger partial charge in [0.1, 0.15) is 11.5 Å². The summed E-state index contributed by atoms with van der Waals surface area (Å²) in [6.45, 7) is 1.27. The number of amides is 1. The summed E-state index contributed by atoms with van der Waals surface area (Å²) < 4.78 is 11.1. The summed E-state index contributed by atoms with van der Waals surface area (Å²) in [5.41, 5.74) is 7.16. The zero-order chi connectivity index (χ0) is 16.9. The second kappa shape index (κ2) is 7.45. The first-order chi connectivity index (χ1) is 11.6. The van der Waals surface area contributed by atoms with Crippen molar-refractivity contribution < 1.29 is 14.3 Å². The van der Waals surface area contributed by atoms with Crippen molar-refractivity contribution in [3.63, 3.8) is 0 Å². The molecule has 1 aliphatic heterocycles. The number of carbonyl (C=O) groups is 1. The summed E-state index contributed by atoms with van der Waals surface area (Å²) in [4.78, 5) is 13.8. The van der Waals surface area contributed by atoms with Crippen molar-refractivity contribution in [2.75, 3.05) is 30.4 Å². The zero-order valence-corrected chi connectivity index (χ0v) is 14.0. The number of ether oxygens (including phenoxy) is 2. The summed E-state index contributed by atoms with van der Waals surface area (Å²) in [6.07, 6.45) is 1.68. The van der Waals surface area contributed by atoms with Crippen LogP contribution in [0.15, 0.2) is 42.5 Å². The Bertz CT molecular complexity index is 719. The highest BCUT2D eigenvalue weighted by molar-refractivity contribution is 6.30. The van der Waals surface area contributed by atoms with Gasteiger partial charge in [0.05, 0.1) is 12.3 Å². The molecule has 5 nitrogen and oxygen atoms in total. The van der Waals surface area contributed by atoms with Crippen LogP contribution in [0.1, 0.15) is 12.8 Å². The van der Waals surface area contributed by atoms with Crippen LogP contribution >= 0.6 is 11.6 Å². The fourth-order valence-electron chi connectivity index (χ4n) is 2.56. The van der Waals surface area contributed by atoms with E-state index in [9.17, 15) is 4.79 Å². The number of hydrogen-bond acceptors (Lipinski definition) is 4. The van der Waals surface area contributed by atoms with Crippen LogP contribution in [0.3, 0.4) is 0 Å². The van der Waals surface area contributed by atoms with E-state index in [4.69, 9.17) is 26.8 Å². The number of nitrogens with zero attached hydrogens (tertiary/aromatic N) is 1. The Balaban J connectivity index is 1.50. The molecule has 126 valence electrons. The fraction of sp³-hybridized carbons (Fsp3) is 0.278. The van der Waals surface area contributed by atoms with Crippen LogP contribution in [-0.4, -0.2) is 25.7 Å². The number of halogens is 1. The molecule has 0 atom stereocenters. The number of rotatable bonds is 6. The molecule has 24 heavy (non-hydrogen) atoms. The summed E-state index contributed by atoms with van der Waals surface area (Å²) in [5, 5.41) is 0.687. The van der Waals surface area contributed by atoms with E-state index < -0.39 is 0 Å². The maximum Gasteiger partial charge on any atom is 0.265 e. The minimum Gasteiger partial charge on any atom is -0.494 e. The maximum atomic E-state index is 12.1. The number of carbonyl (C=O) groups excluding carboxylic acids is 1. The number of hydrogen-bond donors (Lipinski definition) is 1. The van der Waals surface area contributed by atoms with Crippen molar-refractivity contribution in [3.8, 4) is 11.5 Å². The normalized spacial score (nSPS) is 13.4. The molecule has 1 heterocycles. The third kappa shape index (κ3) is 3.92. The van der Waals surface area contributed by atoms with Crippen molar-refractivity contribution in [2.45, 2.75) is 12.8 Å². The Morgan fingerprint density at radius 1 is 1.17 bits per heavy atom. The molecule has 6 heteroatoms. The molecule has 0 fully saturated rings. The summed E-state index contributed by atoms with van der Waals surface area (Å²) >= 11 is 5.84. The first kappa shape index (κ1) is 16.5. The second-order valence-corrected chi connectivity index (χ2v) is 6.01. The lowest BCUT2D eigenvalue weighted by Gasteiger charge is -2.29. The van der Waals surface area contributed by atoms with Crippen LogP contribution in [0.2, 0.25) is 5.02 Å². The molecule has 0 aromatic heterocycles. The van der Waals surface area contributed by atoms with E-state index >= 15 is 0 Å². The number of nitrogens with two attached hydrogens (primary N) is 1. The third-order valence-electron chi connectivity index (χ3n) is 3.79. The molecular formula is C18H19ClN2O3. The molecule has 0 spiro atoms. The number of unbranched alkanes of at least 4 members (excludes halogenated alkanes) is 1. The minimum atomic E-state index is -0.0362. The van der Waals surface area contributed by atoms with Gasteiger partial charge in [0.25, 0.3) is 5.91 Å². The lowest BCUT2D eigenvalue weighted by molar-refractivity contribution is -0.121. The molecule has 0 bridgehead atoms. The van der Waals surface area contributed by atoms with Crippen molar-refractivity contribution in [1.29, 1.82) is 0 Å². The smallest absolute Gasteiger partial charge is 0.265 e.